The van der Waals surface area contributed by atoms with Gasteiger partial charge < -0.3 is 5.11 Å². The second-order valence-corrected chi connectivity index (χ2v) is 4.35. The molecule has 0 unspecified atom stereocenters. The molecular formula is C15H12O2. The quantitative estimate of drug-likeness (QED) is 0.807. The van der Waals surface area contributed by atoms with Crippen molar-refractivity contribution in [3.05, 3.63) is 53.6 Å². The number of phenolic OH excluding ortho intramolecular Hbond substituents is 1. The number of carbonyl (C=O) groups is 1. The van der Waals surface area contributed by atoms with Gasteiger partial charge in [0.15, 0.2) is 5.78 Å². The molecule has 0 heterocycles. The molecular weight excluding hydrogens is 212 g/mol. The smallest absolute Gasteiger partial charge is 0.163 e. The molecule has 0 saturated heterocycles. The number of ketones is 1. The fourth-order valence-corrected chi connectivity index (χ4v) is 2.32. The number of phenols is 1. The predicted octanol–water partition coefficient (Wildman–Crippen LogP) is 3.19. The number of aryl methyl sites for hydroxylation is 1. The van der Waals surface area contributed by atoms with E-state index >= 15 is 0 Å². The summed E-state index contributed by atoms with van der Waals surface area (Å²) in [6.45, 7) is 0. The number of Topliss-reactive ketones (excluding diaryl/α,β-unsaturated/α-hetero) is 1. The van der Waals surface area contributed by atoms with Crippen molar-refractivity contribution in [2.24, 2.45) is 0 Å². The van der Waals surface area contributed by atoms with E-state index in [9.17, 15) is 9.90 Å². The summed E-state index contributed by atoms with van der Waals surface area (Å²) in [6, 6.07) is 13.1. The number of rotatable bonds is 1. The zero-order chi connectivity index (χ0) is 11.8. The van der Waals surface area contributed by atoms with Crippen LogP contribution in [0.4, 0.5) is 0 Å². The molecule has 1 aliphatic rings. The summed E-state index contributed by atoms with van der Waals surface area (Å²) in [5.41, 5.74) is 4.01. The highest BCUT2D eigenvalue weighted by Gasteiger charge is 2.19. The molecule has 0 atom stereocenters. The summed E-state index contributed by atoms with van der Waals surface area (Å²) < 4.78 is 0. The van der Waals surface area contributed by atoms with Crippen LogP contribution in [0.25, 0.3) is 11.1 Å². The van der Waals surface area contributed by atoms with Gasteiger partial charge in [0.25, 0.3) is 0 Å². The van der Waals surface area contributed by atoms with E-state index < -0.39 is 0 Å². The highest BCUT2D eigenvalue weighted by molar-refractivity contribution is 6.00. The number of aromatic hydroxyl groups is 1. The summed E-state index contributed by atoms with van der Waals surface area (Å²) in [5, 5.41) is 9.46. The molecule has 0 aromatic heterocycles. The fraction of sp³-hybridized carbons (Fsp3) is 0.133. The van der Waals surface area contributed by atoms with Crippen LogP contribution in [-0.2, 0) is 6.42 Å². The van der Waals surface area contributed by atoms with Crippen molar-refractivity contribution < 1.29 is 9.90 Å². The van der Waals surface area contributed by atoms with E-state index in [4.69, 9.17) is 0 Å². The van der Waals surface area contributed by atoms with Crippen molar-refractivity contribution in [3.63, 3.8) is 0 Å². The van der Waals surface area contributed by atoms with Gasteiger partial charge in [0, 0.05) is 12.0 Å². The summed E-state index contributed by atoms with van der Waals surface area (Å²) >= 11 is 0. The van der Waals surface area contributed by atoms with Gasteiger partial charge in [-0.1, -0.05) is 30.3 Å². The van der Waals surface area contributed by atoms with Crippen LogP contribution in [-0.4, -0.2) is 10.9 Å². The van der Waals surface area contributed by atoms with Crippen LogP contribution < -0.4 is 0 Å². The average molecular weight is 224 g/mol. The lowest BCUT2D eigenvalue weighted by Gasteiger charge is -2.05. The molecule has 84 valence electrons. The van der Waals surface area contributed by atoms with Gasteiger partial charge in [-0.25, -0.2) is 0 Å². The van der Waals surface area contributed by atoms with E-state index in [1.54, 1.807) is 12.1 Å². The molecule has 0 amide bonds. The lowest BCUT2D eigenvalue weighted by atomic mass is 10.0. The van der Waals surface area contributed by atoms with Gasteiger partial charge in [-0.2, -0.15) is 0 Å². The standard InChI is InChI=1S/C15H12O2/c16-13-3-1-2-10(9-13)11-4-6-14-12(8-11)5-7-15(14)17/h1-4,6,8-9,16H,5,7H2. The normalized spacial score (nSPS) is 13.8. The molecule has 2 nitrogen and oxygen atoms in total. The third kappa shape index (κ3) is 1.72. The Labute approximate surface area is 99.5 Å². The largest absolute Gasteiger partial charge is 0.508 e. The van der Waals surface area contributed by atoms with Crippen molar-refractivity contribution >= 4 is 5.78 Å². The molecule has 0 fully saturated rings. The zero-order valence-electron chi connectivity index (χ0n) is 9.31. The highest BCUT2D eigenvalue weighted by Crippen LogP contribution is 2.29. The third-order valence-electron chi connectivity index (χ3n) is 3.21. The summed E-state index contributed by atoms with van der Waals surface area (Å²) in [7, 11) is 0. The second-order valence-electron chi connectivity index (χ2n) is 4.35. The van der Waals surface area contributed by atoms with Crippen molar-refractivity contribution in [1.82, 2.24) is 0 Å². The molecule has 1 aliphatic carbocycles. The van der Waals surface area contributed by atoms with Crippen LogP contribution in [0.3, 0.4) is 0 Å². The number of fused-ring (bicyclic) bond motifs is 1. The first-order chi connectivity index (χ1) is 8.24. The van der Waals surface area contributed by atoms with Gasteiger partial charge in [-0.3, -0.25) is 4.79 Å². The number of benzene rings is 2. The number of hydrogen-bond acceptors (Lipinski definition) is 2. The minimum absolute atomic E-state index is 0.238. The van der Waals surface area contributed by atoms with Crippen LogP contribution in [0.5, 0.6) is 5.75 Å². The fourth-order valence-electron chi connectivity index (χ4n) is 2.32. The summed E-state index contributed by atoms with van der Waals surface area (Å²) in [5.74, 6) is 0.501. The van der Waals surface area contributed by atoms with Gasteiger partial charge >= 0.3 is 0 Å². The first-order valence-corrected chi connectivity index (χ1v) is 5.69. The Bertz CT molecular complexity index is 600. The second kappa shape index (κ2) is 3.74. The van der Waals surface area contributed by atoms with Gasteiger partial charge in [-0.15, -0.1) is 0 Å². The van der Waals surface area contributed by atoms with Crippen molar-refractivity contribution in [2.45, 2.75) is 12.8 Å². The molecule has 0 bridgehead atoms. The summed E-state index contributed by atoms with van der Waals surface area (Å²) in [4.78, 5) is 11.5. The van der Waals surface area contributed by atoms with E-state index in [1.807, 2.05) is 24.3 Å². The highest BCUT2D eigenvalue weighted by atomic mass is 16.3. The molecule has 1 N–H and O–H groups in total. The Kier molecular flexibility index (Phi) is 2.22. The van der Waals surface area contributed by atoms with Crippen molar-refractivity contribution in [3.8, 4) is 16.9 Å². The monoisotopic (exact) mass is 224 g/mol. The Balaban J connectivity index is 2.09. The van der Waals surface area contributed by atoms with E-state index in [-0.39, 0.29) is 11.5 Å². The molecule has 17 heavy (non-hydrogen) atoms. The van der Waals surface area contributed by atoms with E-state index in [0.29, 0.717) is 6.42 Å². The van der Waals surface area contributed by atoms with Crippen LogP contribution in [0.15, 0.2) is 42.5 Å². The van der Waals surface area contributed by atoms with Crippen LogP contribution in [0, 0.1) is 0 Å². The molecule has 3 rings (SSSR count). The SMILES string of the molecule is O=C1CCc2cc(-c3cccc(O)c3)ccc21. The number of carbonyl (C=O) groups excluding carboxylic acids is 1. The summed E-state index contributed by atoms with van der Waals surface area (Å²) in [6.07, 6.45) is 1.46. The molecule has 0 spiro atoms. The average Bonchev–Trinajstić information content (AvgIpc) is 2.71. The maximum Gasteiger partial charge on any atom is 0.163 e. The van der Waals surface area contributed by atoms with Crippen LogP contribution in [0.1, 0.15) is 22.3 Å². The first kappa shape index (κ1) is 10.1. The Morgan fingerprint density at radius 1 is 0.941 bits per heavy atom. The molecule has 0 aliphatic heterocycles. The van der Waals surface area contributed by atoms with Gasteiger partial charge in [0.05, 0.1) is 0 Å². The molecule has 0 radical (unpaired) electrons. The van der Waals surface area contributed by atoms with E-state index in [0.717, 1.165) is 28.7 Å². The van der Waals surface area contributed by atoms with Crippen molar-refractivity contribution in [1.29, 1.82) is 0 Å². The minimum atomic E-state index is 0.238. The zero-order valence-corrected chi connectivity index (χ0v) is 9.31. The lowest BCUT2D eigenvalue weighted by molar-refractivity contribution is 0.0994. The molecule has 2 aromatic carbocycles. The van der Waals surface area contributed by atoms with E-state index in [2.05, 4.69) is 6.07 Å². The lowest BCUT2D eigenvalue weighted by Crippen LogP contribution is -1.90. The molecule has 2 heteroatoms. The van der Waals surface area contributed by atoms with Crippen molar-refractivity contribution in [2.75, 3.05) is 0 Å². The predicted molar refractivity (Wildman–Crippen MR) is 66.2 cm³/mol. The third-order valence-corrected chi connectivity index (χ3v) is 3.21. The molecule has 2 aromatic rings. The minimum Gasteiger partial charge on any atom is -0.508 e. The number of hydrogen-bond donors (Lipinski definition) is 1. The first-order valence-electron chi connectivity index (χ1n) is 5.69. The maximum absolute atomic E-state index is 11.5. The van der Waals surface area contributed by atoms with Gasteiger partial charge in [0.1, 0.15) is 5.75 Å². The Morgan fingerprint density at radius 3 is 2.59 bits per heavy atom. The van der Waals surface area contributed by atoms with Crippen LogP contribution >= 0.6 is 0 Å². The maximum atomic E-state index is 11.5. The Morgan fingerprint density at radius 2 is 1.76 bits per heavy atom. The van der Waals surface area contributed by atoms with Gasteiger partial charge in [-0.05, 0) is 35.2 Å². The van der Waals surface area contributed by atoms with E-state index in [1.165, 1.54) is 0 Å². The molecule has 0 saturated carbocycles. The van der Waals surface area contributed by atoms with Crippen LogP contribution in [0.2, 0.25) is 0 Å². The Hall–Kier alpha value is -2.09. The van der Waals surface area contributed by atoms with Gasteiger partial charge in [0.2, 0.25) is 0 Å². The topological polar surface area (TPSA) is 37.3 Å².